The summed E-state index contributed by atoms with van der Waals surface area (Å²) >= 11 is 0. The molecular weight excluding hydrogens is 288 g/mol. The molecule has 132 valence electrons. The number of hydrogen-bond acceptors (Lipinski definition) is 2. The zero-order chi connectivity index (χ0) is 16.6. The van der Waals surface area contributed by atoms with Gasteiger partial charge in [0.1, 0.15) is 0 Å². The van der Waals surface area contributed by atoms with Crippen molar-refractivity contribution in [3.8, 4) is 0 Å². The van der Waals surface area contributed by atoms with E-state index in [9.17, 15) is 0 Å². The Bertz CT molecular complexity index is 296. The van der Waals surface area contributed by atoms with Gasteiger partial charge in [0, 0.05) is 24.8 Å². The van der Waals surface area contributed by atoms with E-state index in [-0.39, 0.29) is 0 Å². The van der Waals surface area contributed by atoms with Gasteiger partial charge in [0.15, 0.2) is 0 Å². The van der Waals surface area contributed by atoms with Crippen molar-refractivity contribution in [2.45, 2.75) is 102 Å². The first-order chi connectivity index (χ1) is 10.6. The van der Waals surface area contributed by atoms with Gasteiger partial charge in [-0.2, -0.15) is 0 Å². The third-order valence-corrected chi connectivity index (χ3v) is 11.3. The van der Waals surface area contributed by atoms with Gasteiger partial charge in [-0.1, -0.05) is 59.8 Å². The van der Waals surface area contributed by atoms with Crippen LogP contribution in [-0.2, 0) is 8.85 Å². The van der Waals surface area contributed by atoms with Crippen LogP contribution in [0.15, 0.2) is 0 Å². The van der Waals surface area contributed by atoms with Crippen molar-refractivity contribution < 1.29 is 8.85 Å². The molecule has 22 heavy (non-hydrogen) atoms. The maximum Gasteiger partial charge on any atom is 0.347 e. The molecule has 0 aromatic heterocycles. The van der Waals surface area contributed by atoms with E-state index in [1.54, 1.807) is 0 Å². The topological polar surface area (TPSA) is 18.5 Å². The van der Waals surface area contributed by atoms with Gasteiger partial charge in [-0.25, -0.2) is 0 Å². The van der Waals surface area contributed by atoms with Crippen LogP contribution >= 0.6 is 0 Å². The first-order valence-electron chi connectivity index (χ1n) is 9.72. The molecule has 2 atom stereocenters. The van der Waals surface area contributed by atoms with Gasteiger partial charge >= 0.3 is 8.56 Å². The van der Waals surface area contributed by atoms with E-state index in [4.69, 9.17) is 8.85 Å². The van der Waals surface area contributed by atoms with E-state index in [2.05, 4.69) is 27.7 Å². The average Bonchev–Trinajstić information content (AvgIpc) is 2.52. The van der Waals surface area contributed by atoms with E-state index in [0.29, 0.717) is 10.6 Å². The molecule has 1 aliphatic rings. The Morgan fingerprint density at radius 1 is 0.818 bits per heavy atom. The average molecular weight is 329 g/mol. The van der Waals surface area contributed by atoms with Crippen molar-refractivity contribution in [1.29, 1.82) is 0 Å². The fourth-order valence-corrected chi connectivity index (χ4v) is 11.3. The standard InChI is InChI=1S/C19H40O2Si/c1-7-11-17-13-14-18(12-8-2)22(20-5,21-6)19(17,15-9-3)16-10-4/h17-18H,7-16H2,1-6H3. The molecule has 0 N–H and O–H groups in total. The van der Waals surface area contributed by atoms with Crippen LogP contribution in [0.5, 0.6) is 0 Å². The fourth-order valence-electron chi connectivity index (χ4n) is 5.61. The second-order valence-electron chi connectivity index (χ2n) is 7.28. The molecule has 3 heteroatoms. The molecule has 1 rings (SSSR count). The zero-order valence-corrected chi connectivity index (χ0v) is 17.0. The molecule has 1 aliphatic heterocycles. The summed E-state index contributed by atoms with van der Waals surface area (Å²) in [5.74, 6) is 0.803. The van der Waals surface area contributed by atoms with Gasteiger partial charge < -0.3 is 8.85 Å². The molecule has 0 saturated carbocycles. The van der Waals surface area contributed by atoms with Crippen molar-refractivity contribution in [1.82, 2.24) is 0 Å². The maximum atomic E-state index is 6.41. The molecule has 2 unspecified atom stereocenters. The van der Waals surface area contributed by atoms with Gasteiger partial charge in [0.25, 0.3) is 0 Å². The predicted molar refractivity (Wildman–Crippen MR) is 98.6 cm³/mol. The van der Waals surface area contributed by atoms with Crippen molar-refractivity contribution in [2.24, 2.45) is 5.92 Å². The molecule has 1 fully saturated rings. The minimum atomic E-state index is -2.20. The SMILES string of the molecule is CCCC1CCC(CCC)[Si](OC)(OC)C1(CCC)CCC. The van der Waals surface area contributed by atoms with Crippen molar-refractivity contribution in [3.05, 3.63) is 0 Å². The lowest BCUT2D eigenvalue weighted by Crippen LogP contribution is -2.61. The smallest absolute Gasteiger partial charge is 0.347 e. The molecule has 0 aliphatic carbocycles. The minimum Gasteiger partial charge on any atom is -0.397 e. The lowest BCUT2D eigenvalue weighted by Gasteiger charge is -2.57. The normalized spacial score (nSPS) is 27.0. The lowest BCUT2D eigenvalue weighted by atomic mass is 9.77. The van der Waals surface area contributed by atoms with Crippen LogP contribution in [0, 0.1) is 5.92 Å². The van der Waals surface area contributed by atoms with E-state index < -0.39 is 8.56 Å². The second kappa shape index (κ2) is 9.44. The van der Waals surface area contributed by atoms with Crippen LogP contribution in [-0.4, -0.2) is 22.8 Å². The van der Waals surface area contributed by atoms with Crippen molar-refractivity contribution in [3.63, 3.8) is 0 Å². The predicted octanol–water partition coefficient (Wildman–Crippen LogP) is 6.44. The van der Waals surface area contributed by atoms with Gasteiger partial charge in [-0.05, 0) is 38.0 Å². The number of hydrogen-bond donors (Lipinski definition) is 0. The minimum absolute atomic E-state index is 0.327. The Balaban J connectivity index is 3.34. The summed E-state index contributed by atoms with van der Waals surface area (Å²) < 4.78 is 12.8. The third-order valence-electron chi connectivity index (χ3n) is 6.15. The summed E-state index contributed by atoms with van der Waals surface area (Å²) in [7, 11) is 1.70. The molecule has 0 bridgehead atoms. The molecule has 0 amide bonds. The van der Waals surface area contributed by atoms with Crippen LogP contribution in [0.1, 0.15) is 91.9 Å². The first kappa shape index (κ1) is 20.2. The summed E-state index contributed by atoms with van der Waals surface area (Å²) in [4.78, 5) is 0. The largest absolute Gasteiger partial charge is 0.397 e. The van der Waals surface area contributed by atoms with Crippen LogP contribution in [0.3, 0.4) is 0 Å². The van der Waals surface area contributed by atoms with Crippen LogP contribution in [0.4, 0.5) is 0 Å². The van der Waals surface area contributed by atoms with Crippen LogP contribution in [0.2, 0.25) is 10.6 Å². The Hall–Kier alpha value is 0.137. The summed E-state index contributed by atoms with van der Waals surface area (Å²) in [6.45, 7) is 9.33. The van der Waals surface area contributed by atoms with Crippen LogP contribution in [0.25, 0.3) is 0 Å². The Morgan fingerprint density at radius 3 is 1.77 bits per heavy atom. The van der Waals surface area contributed by atoms with Crippen molar-refractivity contribution >= 4 is 8.56 Å². The summed E-state index contributed by atoms with van der Waals surface area (Å²) in [5, 5.41) is 0.327. The molecule has 2 nitrogen and oxygen atoms in total. The highest BCUT2D eigenvalue weighted by atomic mass is 28.4. The summed E-state index contributed by atoms with van der Waals surface area (Å²) in [5.41, 5.74) is 0.679. The monoisotopic (exact) mass is 328 g/mol. The third kappa shape index (κ3) is 3.46. The molecule has 1 heterocycles. The Morgan fingerprint density at radius 2 is 1.36 bits per heavy atom. The van der Waals surface area contributed by atoms with E-state index in [1.807, 2.05) is 14.2 Å². The maximum absolute atomic E-state index is 6.41. The Labute approximate surface area is 140 Å². The quantitative estimate of drug-likeness (QED) is 0.429. The van der Waals surface area contributed by atoms with Gasteiger partial charge in [0.2, 0.25) is 0 Å². The highest BCUT2D eigenvalue weighted by Gasteiger charge is 2.64. The van der Waals surface area contributed by atoms with Gasteiger partial charge in [0.05, 0.1) is 0 Å². The highest BCUT2D eigenvalue weighted by molar-refractivity contribution is 6.72. The van der Waals surface area contributed by atoms with Crippen molar-refractivity contribution in [2.75, 3.05) is 14.2 Å². The zero-order valence-electron chi connectivity index (χ0n) is 16.0. The fraction of sp³-hybridized carbons (Fsp3) is 1.00. The molecule has 0 aromatic carbocycles. The van der Waals surface area contributed by atoms with Gasteiger partial charge in [-0.15, -0.1) is 0 Å². The van der Waals surface area contributed by atoms with Crippen LogP contribution < -0.4 is 0 Å². The molecule has 0 aromatic rings. The highest BCUT2D eigenvalue weighted by Crippen LogP contribution is 2.64. The van der Waals surface area contributed by atoms with E-state index >= 15 is 0 Å². The molecule has 1 saturated heterocycles. The van der Waals surface area contributed by atoms with Gasteiger partial charge in [-0.3, -0.25) is 0 Å². The molecular formula is C19H40O2Si. The van der Waals surface area contributed by atoms with E-state index in [0.717, 1.165) is 5.92 Å². The molecule has 0 radical (unpaired) electrons. The Kier molecular flexibility index (Phi) is 8.66. The first-order valence-corrected chi connectivity index (χ1v) is 11.6. The summed E-state index contributed by atoms with van der Waals surface area (Å²) in [6, 6.07) is 0. The van der Waals surface area contributed by atoms with E-state index in [1.165, 1.54) is 64.2 Å². The second-order valence-corrected chi connectivity index (χ2v) is 11.2. The lowest BCUT2D eigenvalue weighted by molar-refractivity contribution is 0.108. The number of rotatable bonds is 10. The molecule has 0 spiro atoms. The summed E-state index contributed by atoms with van der Waals surface area (Å²) in [6.07, 6.45) is 13.0.